The van der Waals surface area contributed by atoms with E-state index >= 15 is 0 Å². The van der Waals surface area contributed by atoms with Crippen LogP contribution in [0.5, 0.6) is 0 Å². The summed E-state index contributed by atoms with van der Waals surface area (Å²) in [6.45, 7) is 0. The smallest absolute Gasteiger partial charge is 0.164 e. The Morgan fingerprint density at radius 2 is 0.956 bits per heavy atom. The molecule has 0 amide bonds. The molecule has 45 heavy (non-hydrogen) atoms. The van der Waals surface area contributed by atoms with E-state index in [4.69, 9.17) is 19.4 Å². The van der Waals surface area contributed by atoms with Gasteiger partial charge >= 0.3 is 0 Å². The second-order valence-electron chi connectivity index (χ2n) is 11.3. The maximum atomic E-state index is 6.18. The molecular weight excluding hydrogens is 550 g/mol. The van der Waals surface area contributed by atoms with Gasteiger partial charge in [0.25, 0.3) is 0 Å². The fraction of sp³-hybridized carbons (Fsp3) is 0. The highest BCUT2D eigenvalue weighted by molar-refractivity contribution is 6.13. The van der Waals surface area contributed by atoms with Crippen molar-refractivity contribution in [2.45, 2.75) is 0 Å². The van der Waals surface area contributed by atoms with Gasteiger partial charge < -0.3 is 4.42 Å². The molecule has 0 aliphatic carbocycles. The first-order valence-electron chi connectivity index (χ1n) is 15.0. The Morgan fingerprint density at radius 3 is 1.69 bits per heavy atom. The topological polar surface area (TPSA) is 51.8 Å². The van der Waals surface area contributed by atoms with Crippen LogP contribution in [-0.2, 0) is 0 Å². The Bertz CT molecular complexity index is 2480. The van der Waals surface area contributed by atoms with Crippen molar-refractivity contribution in [1.29, 1.82) is 0 Å². The first-order chi connectivity index (χ1) is 22.3. The number of benzene rings is 7. The fourth-order valence-electron chi connectivity index (χ4n) is 6.32. The van der Waals surface area contributed by atoms with E-state index in [0.717, 1.165) is 60.4 Å². The second-order valence-corrected chi connectivity index (χ2v) is 11.3. The van der Waals surface area contributed by atoms with E-state index in [1.807, 2.05) is 72.8 Å². The van der Waals surface area contributed by atoms with Crippen molar-refractivity contribution in [3.63, 3.8) is 0 Å². The van der Waals surface area contributed by atoms with Crippen LogP contribution in [0.4, 0.5) is 0 Å². The Balaban J connectivity index is 1.21. The van der Waals surface area contributed by atoms with E-state index < -0.39 is 0 Å². The highest BCUT2D eigenvalue weighted by Crippen LogP contribution is 2.38. The summed E-state index contributed by atoms with van der Waals surface area (Å²) < 4.78 is 6.18. The first kappa shape index (κ1) is 25.4. The van der Waals surface area contributed by atoms with Crippen LogP contribution in [0.1, 0.15) is 0 Å². The molecule has 0 aliphatic rings. The van der Waals surface area contributed by atoms with Gasteiger partial charge in [-0.15, -0.1) is 0 Å². The number of rotatable bonds is 4. The zero-order valence-corrected chi connectivity index (χ0v) is 24.2. The lowest BCUT2D eigenvalue weighted by molar-refractivity contribution is 0.669. The van der Waals surface area contributed by atoms with Gasteiger partial charge in [0.05, 0.1) is 0 Å². The van der Waals surface area contributed by atoms with E-state index in [2.05, 4.69) is 78.9 Å². The summed E-state index contributed by atoms with van der Waals surface area (Å²) in [5.74, 6) is 1.96. The molecule has 0 spiro atoms. The summed E-state index contributed by atoms with van der Waals surface area (Å²) in [4.78, 5) is 14.8. The average Bonchev–Trinajstić information content (AvgIpc) is 3.48. The minimum absolute atomic E-state index is 0.653. The number of nitrogens with zero attached hydrogens (tertiary/aromatic N) is 3. The number of fused-ring (bicyclic) bond motifs is 5. The highest BCUT2D eigenvalue weighted by atomic mass is 16.3. The van der Waals surface area contributed by atoms with Crippen molar-refractivity contribution < 1.29 is 4.42 Å². The van der Waals surface area contributed by atoms with Crippen LogP contribution in [0, 0.1) is 0 Å². The molecule has 2 aromatic heterocycles. The average molecular weight is 576 g/mol. The molecule has 0 bridgehead atoms. The summed E-state index contributed by atoms with van der Waals surface area (Å²) in [6, 6.07) is 52.3. The number of furan rings is 1. The molecule has 7 aromatic carbocycles. The van der Waals surface area contributed by atoms with Crippen LogP contribution >= 0.6 is 0 Å². The van der Waals surface area contributed by atoms with E-state index in [9.17, 15) is 0 Å². The third-order valence-corrected chi connectivity index (χ3v) is 8.51. The first-order valence-corrected chi connectivity index (χ1v) is 15.0. The maximum absolute atomic E-state index is 6.18. The second kappa shape index (κ2) is 10.2. The van der Waals surface area contributed by atoms with Crippen molar-refractivity contribution in [2.24, 2.45) is 0 Å². The predicted octanol–water partition coefficient (Wildman–Crippen LogP) is 10.7. The van der Waals surface area contributed by atoms with Crippen molar-refractivity contribution in [3.8, 4) is 45.3 Å². The molecule has 9 aromatic rings. The third-order valence-electron chi connectivity index (χ3n) is 8.51. The molecule has 2 heterocycles. The number of para-hydroxylation sites is 1. The van der Waals surface area contributed by atoms with Gasteiger partial charge in [0.15, 0.2) is 17.5 Å². The summed E-state index contributed by atoms with van der Waals surface area (Å²) in [7, 11) is 0. The minimum Gasteiger partial charge on any atom is -0.456 e. The molecule has 4 heteroatoms. The van der Waals surface area contributed by atoms with Crippen molar-refractivity contribution >= 4 is 43.5 Å². The Morgan fingerprint density at radius 1 is 0.333 bits per heavy atom. The van der Waals surface area contributed by atoms with Crippen LogP contribution in [0.3, 0.4) is 0 Å². The quantitative estimate of drug-likeness (QED) is 0.209. The predicted molar refractivity (Wildman–Crippen MR) is 184 cm³/mol. The van der Waals surface area contributed by atoms with Gasteiger partial charge in [-0.05, 0) is 56.9 Å². The summed E-state index contributed by atoms with van der Waals surface area (Å²) >= 11 is 0. The lowest BCUT2D eigenvalue weighted by Gasteiger charge is -2.12. The zero-order valence-electron chi connectivity index (χ0n) is 24.2. The van der Waals surface area contributed by atoms with Crippen molar-refractivity contribution in [2.75, 3.05) is 0 Å². The van der Waals surface area contributed by atoms with E-state index in [1.165, 1.54) is 10.9 Å². The molecule has 0 atom stereocenters. The molecule has 0 saturated heterocycles. The van der Waals surface area contributed by atoms with Crippen LogP contribution in [0.2, 0.25) is 0 Å². The van der Waals surface area contributed by atoms with Gasteiger partial charge in [-0.25, -0.2) is 15.0 Å². The number of hydrogen-bond acceptors (Lipinski definition) is 4. The molecule has 0 N–H and O–H groups in total. The number of hydrogen-bond donors (Lipinski definition) is 0. The largest absolute Gasteiger partial charge is 0.456 e. The summed E-state index contributed by atoms with van der Waals surface area (Å²) in [5, 5.41) is 6.83. The molecular formula is C41H25N3O. The lowest BCUT2D eigenvalue weighted by Crippen LogP contribution is -2.00. The van der Waals surface area contributed by atoms with Gasteiger partial charge in [-0.1, -0.05) is 127 Å². The lowest BCUT2D eigenvalue weighted by atomic mass is 9.94. The minimum atomic E-state index is 0.653. The van der Waals surface area contributed by atoms with Crippen LogP contribution in [0.15, 0.2) is 156 Å². The maximum Gasteiger partial charge on any atom is 0.164 e. The normalized spacial score (nSPS) is 11.6. The standard InChI is InChI=1S/C41H25N3O/c1-3-11-26(12-4-1)39-42-40(27-13-5-2-6-14-27)44-41(43-39)34-19-10-15-28-23-30(21-22-32(28)34)31-18-9-16-29-24-38-36(25-35(29)31)33-17-7-8-20-37(33)45-38/h1-25H. The zero-order chi connectivity index (χ0) is 29.7. The summed E-state index contributed by atoms with van der Waals surface area (Å²) in [5.41, 5.74) is 7.04. The molecule has 210 valence electrons. The van der Waals surface area contributed by atoms with Gasteiger partial charge in [0, 0.05) is 27.5 Å². The molecule has 0 aliphatic heterocycles. The molecule has 0 saturated carbocycles. The summed E-state index contributed by atoms with van der Waals surface area (Å²) in [6.07, 6.45) is 0. The van der Waals surface area contributed by atoms with Crippen LogP contribution in [0.25, 0.3) is 88.8 Å². The van der Waals surface area contributed by atoms with E-state index in [0.29, 0.717) is 17.5 Å². The van der Waals surface area contributed by atoms with Gasteiger partial charge in [0.2, 0.25) is 0 Å². The van der Waals surface area contributed by atoms with E-state index in [1.54, 1.807) is 0 Å². The fourth-order valence-corrected chi connectivity index (χ4v) is 6.32. The van der Waals surface area contributed by atoms with Crippen molar-refractivity contribution in [1.82, 2.24) is 15.0 Å². The monoisotopic (exact) mass is 575 g/mol. The molecule has 0 radical (unpaired) electrons. The van der Waals surface area contributed by atoms with Crippen LogP contribution in [-0.4, -0.2) is 15.0 Å². The molecule has 0 fully saturated rings. The van der Waals surface area contributed by atoms with Gasteiger partial charge in [-0.2, -0.15) is 0 Å². The molecule has 4 nitrogen and oxygen atoms in total. The van der Waals surface area contributed by atoms with Gasteiger partial charge in [-0.3, -0.25) is 0 Å². The SMILES string of the molecule is c1ccc(-c2nc(-c3ccccc3)nc(-c3cccc4cc(-c5cccc6cc7oc8ccccc8c7cc56)ccc34)n2)cc1. The van der Waals surface area contributed by atoms with Crippen molar-refractivity contribution in [3.05, 3.63) is 152 Å². The van der Waals surface area contributed by atoms with Gasteiger partial charge in [0.1, 0.15) is 11.2 Å². The Hall–Kier alpha value is -6.13. The highest BCUT2D eigenvalue weighted by Gasteiger charge is 2.15. The Kier molecular flexibility index (Phi) is 5.78. The molecule has 9 rings (SSSR count). The number of aromatic nitrogens is 3. The molecule has 0 unspecified atom stereocenters. The Labute approximate surface area is 259 Å². The van der Waals surface area contributed by atoms with E-state index in [-0.39, 0.29) is 0 Å². The third kappa shape index (κ3) is 4.35. The van der Waals surface area contributed by atoms with Crippen LogP contribution < -0.4 is 0 Å².